The molecule has 2 unspecified atom stereocenters. The SMILES string of the molecule is O=C(CC1CC2CCC(C1)N2)NCCCCN1C(=O)c2ccccc2C1=O. The molecule has 3 aliphatic heterocycles. The van der Waals surface area contributed by atoms with Gasteiger partial charge in [-0.2, -0.15) is 0 Å². The molecule has 27 heavy (non-hydrogen) atoms. The minimum absolute atomic E-state index is 0.127. The van der Waals surface area contributed by atoms with E-state index in [1.807, 2.05) is 0 Å². The molecule has 2 fully saturated rings. The number of piperidine rings is 1. The van der Waals surface area contributed by atoms with Gasteiger partial charge < -0.3 is 10.6 Å². The molecular formula is C21H27N3O3. The van der Waals surface area contributed by atoms with Crippen molar-refractivity contribution in [1.29, 1.82) is 0 Å². The average molecular weight is 369 g/mol. The van der Waals surface area contributed by atoms with Crippen molar-refractivity contribution in [3.8, 4) is 0 Å². The van der Waals surface area contributed by atoms with Crippen molar-refractivity contribution in [3.63, 3.8) is 0 Å². The number of amides is 3. The van der Waals surface area contributed by atoms with Crippen LogP contribution in [0, 0.1) is 5.92 Å². The average Bonchev–Trinajstić information content (AvgIpc) is 3.13. The first-order valence-electron chi connectivity index (χ1n) is 10.1. The van der Waals surface area contributed by atoms with Gasteiger partial charge in [-0.1, -0.05) is 12.1 Å². The molecule has 2 bridgehead atoms. The molecule has 2 N–H and O–H groups in total. The van der Waals surface area contributed by atoms with Crippen LogP contribution in [0.1, 0.15) is 65.7 Å². The van der Waals surface area contributed by atoms with Crippen molar-refractivity contribution < 1.29 is 14.4 Å². The van der Waals surface area contributed by atoms with Gasteiger partial charge in [-0.3, -0.25) is 19.3 Å². The van der Waals surface area contributed by atoms with Gasteiger partial charge in [0.25, 0.3) is 11.8 Å². The van der Waals surface area contributed by atoms with Gasteiger partial charge in [-0.05, 0) is 56.6 Å². The lowest BCUT2D eigenvalue weighted by Gasteiger charge is -2.28. The Bertz CT molecular complexity index is 701. The van der Waals surface area contributed by atoms with Gasteiger partial charge in [0.2, 0.25) is 5.91 Å². The summed E-state index contributed by atoms with van der Waals surface area (Å²) < 4.78 is 0. The largest absolute Gasteiger partial charge is 0.356 e. The predicted molar refractivity (Wildman–Crippen MR) is 101 cm³/mol. The molecule has 2 atom stereocenters. The third kappa shape index (κ3) is 3.90. The van der Waals surface area contributed by atoms with E-state index in [0.29, 0.717) is 55.1 Å². The number of nitrogens with zero attached hydrogens (tertiary/aromatic N) is 1. The number of rotatable bonds is 7. The fourth-order valence-electron chi connectivity index (χ4n) is 4.74. The van der Waals surface area contributed by atoms with Gasteiger partial charge in [0, 0.05) is 31.6 Å². The number of imide groups is 1. The highest BCUT2D eigenvalue weighted by Gasteiger charge is 2.35. The van der Waals surface area contributed by atoms with Gasteiger partial charge in [0.05, 0.1) is 11.1 Å². The van der Waals surface area contributed by atoms with Crippen LogP contribution in [0.25, 0.3) is 0 Å². The Balaban J connectivity index is 1.14. The Labute approximate surface area is 159 Å². The van der Waals surface area contributed by atoms with Crippen molar-refractivity contribution in [3.05, 3.63) is 35.4 Å². The normalized spacial score (nSPS) is 26.4. The first-order chi connectivity index (χ1) is 13.1. The second kappa shape index (κ2) is 7.80. The third-order valence-electron chi connectivity index (χ3n) is 6.05. The molecule has 6 heteroatoms. The third-order valence-corrected chi connectivity index (χ3v) is 6.05. The summed E-state index contributed by atoms with van der Waals surface area (Å²) >= 11 is 0. The van der Waals surface area contributed by atoms with Crippen LogP contribution in [-0.2, 0) is 4.79 Å². The summed E-state index contributed by atoms with van der Waals surface area (Å²) in [6.45, 7) is 1.000. The summed E-state index contributed by atoms with van der Waals surface area (Å²) in [5.41, 5.74) is 0.985. The number of hydrogen-bond acceptors (Lipinski definition) is 4. The van der Waals surface area contributed by atoms with E-state index in [2.05, 4.69) is 10.6 Å². The minimum Gasteiger partial charge on any atom is -0.356 e. The number of nitrogens with one attached hydrogen (secondary N) is 2. The lowest BCUT2D eigenvalue weighted by Crippen LogP contribution is -2.39. The number of carbonyl (C=O) groups excluding carboxylic acids is 3. The summed E-state index contributed by atoms with van der Waals surface area (Å²) in [7, 11) is 0. The Kier molecular flexibility index (Phi) is 5.25. The molecule has 1 aromatic rings. The molecule has 0 aromatic heterocycles. The molecule has 6 nitrogen and oxygen atoms in total. The predicted octanol–water partition coefficient (Wildman–Crippen LogP) is 2.10. The van der Waals surface area contributed by atoms with Crippen molar-refractivity contribution in [1.82, 2.24) is 15.5 Å². The molecule has 0 saturated carbocycles. The van der Waals surface area contributed by atoms with E-state index in [9.17, 15) is 14.4 Å². The van der Waals surface area contributed by atoms with Crippen LogP contribution in [0.2, 0.25) is 0 Å². The smallest absolute Gasteiger partial charge is 0.261 e. The Morgan fingerprint density at radius 2 is 1.67 bits per heavy atom. The first kappa shape index (κ1) is 18.2. The zero-order valence-electron chi connectivity index (χ0n) is 15.6. The van der Waals surface area contributed by atoms with Crippen LogP contribution in [0.4, 0.5) is 0 Å². The maximum atomic E-state index is 12.3. The number of carbonyl (C=O) groups is 3. The van der Waals surface area contributed by atoms with Gasteiger partial charge in [-0.25, -0.2) is 0 Å². The van der Waals surface area contributed by atoms with E-state index in [1.165, 1.54) is 17.7 Å². The van der Waals surface area contributed by atoms with Crippen molar-refractivity contribution in [2.75, 3.05) is 13.1 Å². The number of fused-ring (bicyclic) bond motifs is 3. The molecule has 3 aliphatic rings. The molecule has 0 spiro atoms. The number of benzene rings is 1. The second-order valence-electron chi connectivity index (χ2n) is 8.04. The van der Waals surface area contributed by atoms with E-state index in [-0.39, 0.29) is 17.7 Å². The maximum absolute atomic E-state index is 12.3. The second-order valence-corrected chi connectivity index (χ2v) is 8.04. The van der Waals surface area contributed by atoms with Gasteiger partial charge in [-0.15, -0.1) is 0 Å². The lowest BCUT2D eigenvalue weighted by atomic mass is 9.89. The van der Waals surface area contributed by atoms with Gasteiger partial charge >= 0.3 is 0 Å². The highest BCUT2D eigenvalue weighted by atomic mass is 16.2. The molecule has 1 aromatic carbocycles. The summed E-state index contributed by atoms with van der Waals surface area (Å²) in [5.74, 6) is 0.212. The Morgan fingerprint density at radius 3 is 2.30 bits per heavy atom. The van der Waals surface area contributed by atoms with E-state index in [4.69, 9.17) is 0 Å². The van der Waals surface area contributed by atoms with Gasteiger partial charge in [0.15, 0.2) is 0 Å². The quantitative estimate of drug-likeness (QED) is 0.570. The summed E-state index contributed by atoms with van der Waals surface area (Å²) in [4.78, 5) is 38.1. The molecule has 0 radical (unpaired) electrons. The topological polar surface area (TPSA) is 78.5 Å². The molecule has 4 rings (SSSR count). The van der Waals surface area contributed by atoms with E-state index in [0.717, 1.165) is 19.3 Å². The minimum atomic E-state index is -0.208. The maximum Gasteiger partial charge on any atom is 0.261 e. The van der Waals surface area contributed by atoms with Crippen molar-refractivity contribution in [2.45, 2.75) is 57.0 Å². The molecule has 0 aliphatic carbocycles. The van der Waals surface area contributed by atoms with Crippen molar-refractivity contribution >= 4 is 17.7 Å². The monoisotopic (exact) mass is 369 g/mol. The molecular weight excluding hydrogens is 342 g/mol. The molecule has 3 amide bonds. The van der Waals surface area contributed by atoms with Crippen LogP contribution in [0.3, 0.4) is 0 Å². The molecule has 2 saturated heterocycles. The first-order valence-corrected chi connectivity index (χ1v) is 10.1. The van der Waals surface area contributed by atoms with E-state index < -0.39 is 0 Å². The lowest BCUT2D eigenvalue weighted by molar-refractivity contribution is -0.122. The van der Waals surface area contributed by atoms with Crippen LogP contribution in [-0.4, -0.2) is 47.8 Å². The van der Waals surface area contributed by atoms with Crippen LogP contribution in [0.15, 0.2) is 24.3 Å². The van der Waals surface area contributed by atoms with Crippen molar-refractivity contribution in [2.24, 2.45) is 5.92 Å². The van der Waals surface area contributed by atoms with E-state index >= 15 is 0 Å². The fraction of sp³-hybridized carbons (Fsp3) is 0.571. The summed E-state index contributed by atoms with van der Waals surface area (Å²) in [6.07, 6.45) is 6.81. The highest BCUT2D eigenvalue weighted by molar-refractivity contribution is 6.21. The summed E-state index contributed by atoms with van der Waals surface area (Å²) in [6, 6.07) is 8.17. The number of unbranched alkanes of at least 4 members (excludes halogenated alkanes) is 1. The zero-order chi connectivity index (χ0) is 18.8. The molecule has 144 valence electrons. The molecule has 3 heterocycles. The standard InChI is InChI=1S/C21H27N3O3/c25-19(13-14-11-15-7-8-16(12-14)23-15)22-9-3-4-10-24-20(26)17-5-1-2-6-18(17)21(24)27/h1-2,5-6,14-16,23H,3-4,7-13H2,(H,22,25). The van der Waals surface area contributed by atoms with Gasteiger partial charge in [0.1, 0.15) is 0 Å². The number of hydrogen-bond donors (Lipinski definition) is 2. The Hall–Kier alpha value is -2.21. The fourth-order valence-corrected chi connectivity index (χ4v) is 4.74. The van der Waals surface area contributed by atoms with Crippen LogP contribution < -0.4 is 10.6 Å². The van der Waals surface area contributed by atoms with E-state index in [1.54, 1.807) is 24.3 Å². The highest BCUT2D eigenvalue weighted by Crippen LogP contribution is 2.32. The van der Waals surface area contributed by atoms with Crippen LogP contribution in [0.5, 0.6) is 0 Å². The zero-order valence-corrected chi connectivity index (χ0v) is 15.6. The Morgan fingerprint density at radius 1 is 1.04 bits per heavy atom. The summed E-state index contributed by atoms with van der Waals surface area (Å²) in [5, 5.41) is 6.60. The van der Waals surface area contributed by atoms with Crippen LogP contribution >= 0.6 is 0 Å².